The van der Waals surface area contributed by atoms with Crippen molar-refractivity contribution in [1.29, 1.82) is 0 Å². The fraction of sp³-hybridized carbons (Fsp3) is 0.400. The van der Waals surface area contributed by atoms with E-state index >= 15 is 0 Å². The van der Waals surface area contributed by atoms with Crippen LogP contribution >= 0.6 is 11.8 Å². The number of carbonyl (C=O) groups is 1. The van der Waals surface area contributed by atoms with E-state index in [0.717, 1.165) is 0 Å². The highest BCUT2D eigenvalue weighted by atomic mass is 32.2. The molecule has 0 unspecified atom stereocenters. The minimum absolute atomic E-state index is 0.142. The van der Waals surface area contributed by atoms with Gasteiger partial charge >= 0.3 is 5.97 Å². The summed E-state index contributed by atoms with van der Waals surface area (Å²) in [6.07, 6.45) is 3.18. The molecule has 2 aromatic heterocycles. The highest BCUT2D eigenvalue weighted by Gasteiger charge is 2.14. The van der Waals surface area contributed by atoms with Crippen LogP contribution in [0.5, 0.6) is 0 Å². The van der Waals surface area contributed by atoms with Gasteiger partial charge in [0, 0.05) is 0 Å². The van der Waals surface area contributed by atoms with E-state index in [0.29, 0.717) is 16.2 Å². The fourth-order valence-corrected chi connectivity index (χ4v) is 2.09. The van der Waals surface area contributed by atoms with Crippen molar-refractivity contribution >= 4 is 28.8 Å². The summed E-state index contributed by atoms with van der Waals surface area (Å²) >= 11 is 1.28. The number of thioether (sulfide) groups is 1. The smallest absolute Gasteiger partial charge is 0.326 e. The van der Waals surface area contributed by atoms with Crippen molar-refractivity contribution in [3.63, 3.8) is 0 Å². The van der Waals surface area contributed by atoms with Gasteiger partial charge in [-0.3, -0.25) is 19.3 Å². The number of aromatic nitrogens is 4. The van der Waals surface area contributed by atoms with Gasteiger partial charge in [0.25, 0.3) is 5.56 Å². The molecule has 0 fully saturated rings. The van der Waals surface area contributed by atoms with Crippen molar-refractivity contribution in [1.82, 2.24) is 19.7 Å². The van der Waals surface area contributed by atoms with Gasteiger partial charge in [0.1, 0.15) is 11.9 Å². The zero-order valence-corrected chi connectivity index (χ0v) is 10.8. The summed E-state index contributed by atoms with van der Waals surface area (Å²) in [6.45, 7) is 1.86. The monoisotopic (exact) mass is 268 g/mol. The van der Waals surface area contributed by atoms with Crippen LogP contribution in [0.4, 0.5) is 0 Å². The fourth-order valence-electron chi connectivity index (χ4n) is 1.54. The summed E-state index contributed by atoms with van der Waals surface area (Å²) in [5, 5.41) is 7.21. The van der Waals surface area contributed by atoms with Crippen LogP contribution in [-0.2, 0) is 16.1 Å². The largest absolute Gasteiger partial charge is 0.465 e. The van der Waals surface area contributed by atoms with E-state index in [9.17, 15) is 9.59 Å². The van der Waals surface area contributed by atoms with Crippen LogP contribution < -0.4 is 5.56 Å². The van der Waals surface area contributed by atoms with Crippen LogP contribution in [0.3, 0.4) is 0 Å². The normalized spacial score (nSPS) is 10.8. The predicted molar refractivity (Wildman–Crippen MR) is 66.6 cm³/mol. The van der Waals surface area contributed by atoms with Gasteiger partial charge < -0.3 is 4.74 Å². The molecule has 7 nitrogen and oxygen atoms in total. The summed E-state index contributed by atoms with van der Waals surface area (Å²) in [7, 11) is 0. The van der Waals surface area contributed by atoms with E-state index in [1.807, 2.05) is 0 Å². The number of carbonyl (C=O) groups excluding carboxylic acids is 1. The molecule has 0 saturated carbocycles. The number of ether oxygens (including phenoxy) is 1. The van der Waals surface area contributed by atoms with Gasteiger partial charge in [0.05, 0.1) is 12.8 Å². The molecule has 8 heteroatoms. The number of hydrogen-bond donors (Lipinski definition) is 1. The van der Waals surface area contributed by atoms with Gasteiger partial charge in [-0.15, -0.1) is 0 Å². The summed E-state index contributed by atoms with van der Waals surface area (Å²) in [4.78, 5) is 27.8. The molecule has 0 aliphatic carbocycles. The third-order valence-electron chi connectivity index (χ3n) is 2.31. The average molecular weight is 268 g/mol. The summed E-state index contributed by atoms with van der Waals surface area (Å²) in [5.41, 5.74) is 0.121. The van der Waals surface area contributed by atoms with E-state index in [1.54, 1.807) is 13.2 Å². The Morgan fingerprint density at radius 3 is 3.06 bits per heavy atom. The molecule has 0 bridgehead atoms. The van der Waals surface area contributed by atoms with Crippen LogP contribution in [0.15, 0.2) is 16.1 Å². The number of hydrogen-bond acceptors (Lipinski definition) is 6. The zero-order valence-electron chi connectivity index (χ0n) is 9.97. The second-order valence-electron chi connectivity index (χ2n) is 3.43. The molecule has 0 saturated heterocycles. The number of nitrogens with zero attached hydrogens (tertiary/aromatic N) is 3. The summed E-state index contributed by atoms with van der Waals surface area (Å²) in [6, 6.07) is 0. The van der Waals surface area contributed by atoms with E-state index < -0.39 is 5.97 Å². The average Bonchev–Trinajstić information content (AvgIpc) is 2.81. The minimum atomic E-state index is -0.459. The van der Waals surface area contributed by atoms with Crippen LogP contribution in [0.25, 0.3) is 11.0 Å². The lowest BCUT2D eigenvalue weighted by atomic mass is 10.4. The van der Waals surface area contributed by atoms with Crippen LogP contribution in [-0.4, -0.2) is 38.6 Å². The molecule has 0 spiro atoms. The number of aromatic amines is 1. The standard InChI is InChI=1S/C10H12N4O3S/c1-3-17-7(15)5-14-9(16)6-4-11-13-8(6)12-10(14)18-2/h4H,3,5H2,1-2H3,(H,11,13). The molecule has 0 aliphatic heterocycles. The Kier molecular flexibility index (Phi) is 3.66. The van der Waals surface area contributed by atoms with Crippen molar-refractivity contribution in [3.8, 4) is 0 Å². The topological polar surface area (TPSA) is 89.9 Å². The SMILES string of the molecule is CCOC(=O)Cn1c(SC)nc2[nH]ncc2c1=O. The molecule has 96 valence electrons. The number of nitrogens with one attached hydrogen (secondary N) is 1. The Bertz CT molecular complexity index is 634. The van der Waals surface area contributed by atoms with Gasteiger partial charge in [-0.25, -0.2) is 4.98 Å². The predicted octanol–water partition coefficient (Wildman–Crippen LogP) is 0.405. The van der Waals surface area contributed by atoms with Gasteiger partial charge in [-0.2, -0.15) is 5.10 Å². The van der Waals surface area contributed by atoms with E-state index in [1.165, 1.54) is 22.5 Å². The number of rotatable bonds is 4. The summed E-state index contributed by atoms with van der Waals surface area (Å²) in [5.74, 6) is -0.459. The molecule has 0 amide bonds. The lowest BCUT2D eigenvalue weighted by molar-refractivity contribution is -0.144. The van der Waals surface area contributed by atoms with Crippen molar-refractivity contribution < 1.29 is 9.53 Å². The number of fused-ring (bicyclic) bond motifs is 1. The molecular weight excluding hydrogens is 256 g/mol. The highest BCUT2D eigenvalue weighted by molar-refractivity contribution is 7.98. The van der Waals surface area contributed by atoms with Gasteiger partial charge in [-0.1, -0.05) is 11.8 Å². The quantitative estimate of drug-likeness (QED) is 0.490. The molecule has 0 radical (unpaired) electrons. The van der Waals surface area contributed by atoms with Crippen molar-refractivity contribution in [3.05, 3.63) is 16.6 Å². The maximum Gasteiger partial charge on any atom is 0.326 e. The summed E-state index contributed by atoms with van der Waals surface area (Å²) < 4.78 is 6.13. The zero-order chi connectivity index (χ0) is 13.1. The van der Waals surface area contributed by atoms with Crippen LogP contribution in [0.1, 0.15) is 6.92 Å². The Labute approximate surface area is 107 Å². The minimum Gasteiger partial charge on any atom is -0.465 e. The lowest BCUT2D eigenvalue weighted by Crippen LogP contribution is -2.27. The Balaban J connectivity index is 2.50. The Morgan fingerprint density at radius 1 is 1.61 bits per heavy atom. The van der Waals surface area contributed by atoms with Crippen molar-refractivity contribution in [2.45, 2.75) is 18.6 Å². The first-order valence-corrected chi connectivity index (χ1v) is 6.53. The molecule has 0 aromatic carbocycles. The molecule has 0 aliphatic rings. The Morgan fingerprint density at radius 2 is 2.39 bits per heavy atom. The third kappa shape index (κ3) is 2.23. The van der Waals surface area contributed by atoms with Crippen LogP contribution in [0.2, 0.25) is 0 Å². The van der Waals surface area contributed by atoms with Crippen LogP contribution in [0, 0.1) is 0 Å². The second kappa shape index (κ2) is 5.21. The first-order valence-electron chi connectivity index (χ1n) is 5.31. The van der Waals surface area contributed by atoms with Crippen molar-refractivity contribution in [2.75, 3.05) is 12.9 Å². The molecule has 2 rings (SSSR count). The maximum atomic E-state index is 12.2. The second-order valence-corrected chi connectivity index (χ2v) is 4.20. The van der Waals surface area contributed by atoms with Crippen molar-refractivity contribution in [2.24, 2.45) is 0 Å². The van der Waals surface area contributed by atoms with Gasteiger partial charge in [0.15, 0.2) is 10.8 Å². The number of H-pyrrole nitrogens is 1. The molecule has 18 heavy (non-hydrogen) atoms. The molecule has 2 aromatic rings. The Hall–Kier alpha value is -1.83. The first kappa shape index (κ1) is 12.6. The molecule has 0 atom stereocenters. The van der Waals surface area contributed by atoms with E-state index in [4.69, 9.17) is 4.74 Å². The van der Waals surface area contributed by atoms with Gasteiger partial charge in [-0.05, 0) is 13.2 Å². The van der Waals surface area contributed by atoms with E-state index in [2.05, 4.69) is 15.2 Å². The molecule has 2 heterocycles. The van der Waals surface area contributed by atoms with Gasteiger partial charge in [0.2, 0.25) is 0 Å². The molecular formula is C10H12N4O3S. The maximum absolute atomic E-state index is 12.2. The molecule has 1 N–H and O–H groups in total. The number of esters is 1. The lowest BCUT2D eigenvalue weighted by Gasteiger charge is -2.09. The third-order valence-corrected chi connectivity index (χ3v) is 2.99. The highest BCUT2D eigenvalue weighted by Crippen LogP contribution is 2.13. The van der Waals surface area contributed by atoms with E-state index in [-0.39, 0.29) is 18.7 Å². The first-order chi connectivity index (χ1) is 8.67.